The molecule has 0 bridgehead atoms. The first-order valence-electron chi connectivity index (χ1n) is 9.54. The topological polar surface area (TPSA) is 69.1 Å². The first-order chi connectivity index (χ1) is 13.6. The minimum absolute atomic E-state index is 0.0958. The zero-order valence-corrected chi connectivity index (χ0v) is 16.4. The summed E-state index contributed by atoms with van der Waals surface area (Å²) in [7, 11) is 1.34. The van der Waals surface area contributed by atoms with Crippen molar-refractivity contribution < 1.29 is 24.0 Å². The smallest absolute Gasteiger partial charge is 0.337 e. The highest BCUT2D eigenvalue weighted by Crippen LogP contribution is 2.14. The second-order valence-electron chi connectivity index (χ2n) is 7.07. The summed E-state index contributed by atoms with van der Waals surface area (Å²) in [5.74, 6) is -0.574. The van der Waals surface area contributed by atoms with E-state index >= 15 is 0 Å². The predicted molar refractivity (Wildman–Crippen MR) is 106 cm³/mol. The summed E-state index contributed by atoms with van der Waals surface area (Å²) >= 11 is 0. The van der Waals surface area contributed by atoms with Gasteiger partial charge in [-0.1, -0.05) is 29.8 Å². The summed E-state index contributed by atoms with van der Waals surface area (Å²) in [4.78, 5) is 25.8. The lowest BCUT2D eigenvalue weighted by Crippen LogP contribution is -3.14. The Balaban J connectivity index is 1.74. The molecule has 0 aliphatic carbocycles. The van der Waals surface area contributed by atoms with E-state index in [0.29, 0.717) is 11.1 Å². The molecule has 1 heterocycles. The van der Waals surface area contributed by atoms with Crippen LogP contribution in [0, 0.1) is 6.92 Å². The van der Waals surface area contributed by atoms with Gasteiger partial charge in [-0.15, -0.1) is 0 Å². The third kappa shape index (κ3) is 5.18. The summed E-state index contributed by atoms with van der Waals surface area (Å²) in [5.41, 5.74) is 3.21. The van der Waals surface area contributed by atoms with E-state index in [0.717, 1.165) is 38.4 Å². The summed E-state index contributed by atoms with van der Waals surface area (Å²) in [6, 6.07) is 14.7. The minimum Gasteiger partial charge on any atom is -0.465 e. The normalized spacial score (nSPS) is 15.6. The molecule has 0 radical (unpaired) electrons. The van der Waals surface area contributed by atoms with Crippen molar-refractivity contribution in [3.8, 4) is 0 Å². The fraction of sp³-hybridized carbons (Fsp3) is 0.364. The van der Waals surface area contributed by atoms with Gasteiger partial charge in [-0.25, -0.2) is 4.79 Å². The molecule has 1 saturated heterocycles. The highest BCUT2D eigenvalue weighted by atomic mass is 16.5. The van der Waals surface area contributed by atoms with Crippen molar-refractivity contribution >= 4 is 11.9 Å². The van der Waals surface area contributed by atoms with Gasteiger partial charge in [0.15, 0.2) is 0 Å². The molecule has 1 atom stereocenters. The van der Waals surface area contributed by atoms with E-state index in [1.807, 2.05) is 6.92 Å². The van der Waals surface area contributed by atoms with Gasteiger partial charge in [0.1, 0.15) is 25.7 Å². The van der Waals surface area contributed by atoms with E-state index in [4.69, 9.17) is 9.47 Å². The number of amides is 1. The van der Waals surface area contributed by atoms with Crippen LogP contribution in [0.15, 0.2) is 48.5 Å². The maximum absolute atomic E-state index is 12.8. The Hall–Kier alpha value is -2.70. The second-order valence-corrected chi connectivity index (χ2v) is 7.07. The minimum atomic E-state index is -0.416. The molecule has 0 saturated carbocycles. The quantitative estimate of drug-likeness (QED) is 0.735. The predicted octanol–water partition coefficient (Wildman–Crippen LogP) is 1.17. The van der Waals surface area contributed by atoms with Gasteiger partial charge in [0.05, 0.1) is 25.9 Å². The number of carbonyl (C=O) groups is 2. The summed E-state index contributed by atoms with van der Waals surface area (Å²) in [5, 5.41) is 3.16. The molecule has 2 aromatic rings. The van der Waals surface area contributed by atoms with Crippen molar-refractivity contribution in [1.29, 1.82) is 0 Å². The number of ether oxygens (including phenoxy) is 2. The summed E-state index contributed by atoms with van der Waals surface area (Å²) < 4.78 is 10.1. The third-order valence-electron chi connectivity index (χ3n) is 5.05. The molecule has 6 heteroatoms. The molecule has 148 valence electrons. The number of carbonyl (C=O) groups excluding carboxylic acids is 2. The number of morpholine rings is 1. The molecule has 2 aromatic carbocycles. The van der Waals surface area contributed by atoms with Crippen molar-refractivity contribution in [1.82, 2.24) is 5.32 Å². The standard InChI is InChI=1S/C22H26N2O4/c1-16-3-5-17(6-4-16)20(15-24-11-13-28-14-12-24)23-21(25)18-7-9-19(10-8-18)22(26)27-2/h3-10,20H,11-15H2,1-2H3,(H,23,25)/p+1/t20-/m1/s1. The van der Waals surface area contributed by atoms with Crippen molar-refractivity contribution in [2.45, 2.75) is 13.0 Å². The number of rotatable bonds is 6. The molecule has 3 rings (SSSR count). The zero-order valence-electron chi connectivity index (χ0n) is 16.4. The van der Waals surface area contributed by atoms with Gasteiger partial charge < -0.3 is 19.7 Å². The highest BCUT2D eigenvalue weighted by Gasteiger charge is 2.23. The van der Waals surface area contributed by atoms with Crippen molar-refractivity contribution in [3.05, 3.63) is 70.8 Å². The molecule has 0 aromatic heterocycles. The van der Waals surface area contributed by atoms with Crippen LogP contribution in [0.4, 0.5) is 0 Å². The van der Waals surface area contributed by atoms with E-state index in [1.54, 1.807) is 24.3 Å². The van der Waals surface area contributed by atoms with Crippen molar-refractivity contribution in [3.63, 3.8) is 0 Å². The fourth-order valence-corrected chi connectivity index (χ4v) is 3.32. The molecule has 1 aliphatic rings. The van der Waals surface area contributed by atoms with Crippen LogP contribution in [0.5, 0.6) is 0 Å². The lowest BCUT2D eigenvalue weighted by Gasteiger charge is -2.28. The van der Waals surface area contributed by atoms with Crippen LogP contribution < -0.4 is 10.2 Å². The van der Waals surface area contributed by atoms with Gasteiger partial charge in [0.25, 0.3) is 5.91 Å². The Morgan fingerprint density at radius 3 is 2.25 bits per heavy atom. The number of benzene rings is 2. The van der Waals surface area contributed by atoms with Crippen LogP contribution >= 0.6 is 0 Å². The van der Waals surface area contributed by atoms with Crippen LogP contribution in [0.1, 0.15) is 37.9 Å². The van der Waals surface area contributed by atoms with Crippen LogP contribution in [0.2, 0.25) is 0 Å². The Morgan fingerprint density at radius 1 is 1.04 bits per heavy atom. The number of nitrogens with one attached hydrogen (secondary N) is 2. The number of aryl methyl sites for hydroxylation is 1. The highest BCUT2D eigenvalue weighted by molar-refractivity contribution is 5.96. The summed E-state index contributed by atoms with van der Waals surface area (Å²) in [6.07, 6.45) is 0. The maximum Gasteiger partial charge on any atom is 0.337 e. The lowest BCUT2D eigenvalue weighted by atomic mass is 10.0. The average molecular weight is 383 g/mol. The summed E-state index contributed by atoms with van der Waals surface area (Å²) in [6.45, 7) is 6.22. The molecule has 1 amide bonds. The molecular formula is C22H27N2O4+. The molecule has 2 N–H and O–H groups in total. The van der Waals surface area contributed by atoms with E-state index in [1.165, 1.54) is 17.6 Å². The average Bonchev–Trinajstić information content (AvgIpc) is 2.74. The molecule has 0 unspecified atom stereocenters. The van der Waals surface area contributed by atoms with Gasteiger partial charge in [-0.2, -0.15) is 0 Å². The Kier molecular flexibility index (Phi) is 6.79. The molecule has 1 aliphatic heterocycles. The Bertz CT molecular complexity index is 796. The number of hydrogen-bond donors (Lipinski definition) is 2. The molecule has 1 fully saturated rings. The molecule has 28 heavy (non-hydrogen) atoms. The largest absolute Gasteiger partial charge is 0.465 e. The SMILES string of the molecule is COC(=O)c1ccc(C(=O)N[C@H](C[NH+]2CCOCC2)c2ccc(C)cc2)cc1. The zero-order chi connectivity index (χ0) is 19.9. The van der Waals surface area contributed by atoms with Crippen LogP contribution in [0.25, 0.3) is 0 Å². The number of quaternary nitrogens is 1. The van der Waals surface area contributed by atoms with Gasteiger partial charge in [-0.3, -0.25) is 4.79 Å². The first kappa shape index (κ1) is 20.0. The van der Waals surface area contributed by atoms with Gasteiger partial charge >= 0.3 is 5.97 Å². The Labute approximate surface area is 165 Å². The molecule has 0 spiro atoms. The molecule has 6 nitrogen and oxygen atoms in total. The lowest BCUT2D eigenvalue weighted by molar-refractivity contribution is -0.909. The first-order valence-corrected chi connectivity index (χ1v) is 9.54. The maximum atomic E-state index is 12.8. The van der Waals surface area contributed by atoms with E-state index in [-0.39, 0.29) is 11.9 Å². The van der Waals surface area contributed by atoms with E-state index in [9.17, 15) is 9.59 Å². The van der Waals surface area contributed by atoms with Crippen LogP contribution in [-0.4, -0.2) is 51.8 Å². The fourth-order valence-electron chi connectivity index (χ4n) is 3.32. The van der Waals surface area contributed by atoms with Crippen LogP contribution in [-0.2, 0) is 9.47 Å². The van der Waals surface area contributed by atoms with E-state index in [2.05, 4.69) is 29.6 Å². The van der Waals surface area contributed by atoms with E-state index < -0.39 is 5.97 Å². The molecular weight excluding hydrogens is 356 g/mol. The van der Waals surface area contributed by atoms with Crippen molar-refractivity contribution in [2.75, 3.05) is 40.0 Å². The van der Waals surface area contributed by atoms with Gasteiger partial charge in [0, 0.05) is 5.56 Å². The Morgan fingerprint density at radius 2 is 1.64 bits per heavy atom. The third-order valence-corrected chi connectivity index (χ3v) is 5.05. The monoisotopic (exact) mass is 383 g/mol. The number of methoxy groups -OCH3 is 1. The number of esters is 1. The number of hydrogen-bond acceptors (Lipinski definition) is 4. The van der Waals surface area contributed by atoms with Gasteiger partial charge in [-0.05, 0) is 36.8 Å². The van der Waals surface area contributed by atoms with Crippen molar-refractivity contribution in [2.24, 2.45) is 0 Å². The van der Waals surface area contributed by atoms with Gasteiger partial charge in [0.2, 0.25) is 0 Å². The van der Waals surface area contributed by atoms with Crippen LogP contribution in [0.3, 0.4) is 0 Å². The second kappa shape index (κ2) is 9.48.